The number of para-hydroxylation sites is 1. The molecule has 0 spiro atoms. The van der Waals surface area contributed by atoms with Crippen molar-refractivity contribution in [1.82, 2.24) is 19.8 Å². The highest BCUT2D eigenvalue weighted by Crippen LogP contribution is 2.41. The Hall–Kier alpha value is -2.66. The average Bonchev–Trinajstić information content (AvgIpc) is 3.18. The van der Waals surface area contributed by atoms with Gasteiger partial charge in [-0.3, -0.25) is 14.7 Å². The summed E-state index contributed by atoms with van der Waals surface area (Å²) in [4.78, 5) is 25.0. The van der Waals surface area contributed by atoms with Gasteiger partial charge in [0, 0.05) is 42.8 Å². The topological polar surface area (TPSA) is 52.2 Å². The Labute approximate surface area is 179 Å². The highest BCUT2D eigenvalue weighted by molar-refractivity contribution is 5.83. The lowest BCUT2D eigenvalue weighted by molar-refractivity contribution is -0.132. The Morgan fingerprint density at radius 1 is 1.13 bits per heavy atom. The minimum atomic E-state index is -0.0446. The molecule has 2 aromatic heterocycles. The van der Waals surface area contributed by atoms with Gasteiger partial charge in [-0.15, -0.1) is 0 Å². The van der Waals surface area contributed by atoms with Gasteiger partial charge in [0.1, 0.15) is 0 Å². The van der Waals surface area contributed by atoms with Crippen molar-refractivity contribution in [2.75, 3.05) is 20.6 Å². The van der Waals surface area contributed by atoms with Crippen molar-refractivity contribution in [3.05, 3.63) is 66.1 Å². The molecular formula is C25H32N4O. The third-order valence-corrected chi connectivity index (χ3v) is 6.92. The molecular weight excluding hydrogens is 372 g/mol. The number of nitrogens with one attached hydrogen (secondary N) is 1. The van der Waals surface area contributed by atoms with Gasteiger partial charge in [0.25, 0.3) is 0 Å². The van der Waals surface area contributed by atoms with Gasteiger partial charge in [-0.25, -0.2) is 0 Å². The maximum absolute atomic E-state index is 12.5. The number of hydrogen-bond acceptors (Lipinski definition) is 3. The number of H-pyrrole nitrogens is 1. The number of rotatable bonds is 6. The second-order valence-electron chi connectivity index (χ2n) is 8.69. The molecule has 4 rings (SSSR count). The van der Waals surface area contributed by atoms with Crippen LogP contribution in [0.5, 0.6) is 0 Å². The first-order valence-corrected chi connectivity index (χ1v) is 10.9. The summed E-state index contributed by atoms with van der Waals surface area (Å²) in [7, 11) is 4.30. The van der Waals surface area contributed by atoms with Gasteiger partial charge in [-0.1, -0.05) is 24.3 Å². The molecule has 1 amide bonds. The highest BCUT2D eigenvalue weighted by atomic mass is 16.2. The Kier molecular flexibility index (Phi) is 5.91. The summed E-state index contributed by atoms with van der Waals surface area (Å²) in [5.74, 6) is 0.176. The van der Waals surface area contributed by atoms with E-state index in [0.717, 1.165) is 49.9 Å². The van der Waals surface area contributed by atoms with Gasteiger partial charge >= 0.3 is 0 Å². The van der Waals surface area contributed by atoms with Crippen LogP contribution in [-0.2, 0) is 16.8 Å². The van der Waals surface area contributed by atoms with E-state index in [1.807, 2.05) is 18.3 Å². The van der Waals surface area contributed by atoms with Gasteiger partial charge in [-0.05, 0) is 70.0 Å². The van der Waals surface area contributed by atoms with Gasteiger partial charge in [0.2, 0.25) is 5.91 Å². The van der Waals surface area contributed by atoms with E-state index in [0.29, 0.717) is 6.04 Å². The molecule has 0 aliphatic heterocycles. The molecule has 0 radical (unpaired) electrons. The van der Waals surface area contributed by atoms with Crippen LogP contribution in [0.3, 0.4) is 0 Å². The van der Waals surface area contributed by atoms with Crippen LogP contribution in [-0.4, -0.2) is 52.4 Å². The zero-order chi connectivity index (χ0) is 21.1. The fraction of sp³-hybridized carbons (Fsp3) is 0.440. The third-order valence-electron chi connectivity index (χ3n) is 6.92. The number of aromatic amines is 1. The minimum absolute atomic E-state index is 0.0446. The van der Waals surface area contributed by atoms with E-state index in [2.05, 4.69) is 70.4 Å². The SMILES string of the molecule is CC(=O)N(CCc1c[nH]c2ccccc12)C1CCC(c2ccccn2)(N(C)C)CC1. The van der Waals surface area contributed by atoms with Gasteiger partial charge in [-0.2, -0.15) is 0 Å². The molecule has 1 aliphatic rings. The van der Waals surface area contributed by atoms with E-state index < -0.39 is 0 Å². The first kappa shape index (κ1) is 20.6. The second-order valence-corrected chi connectivity index (χ2v) is 8.69. The van der Waals surface area contributed by atoms with Crippen LogP contribution in [0.4, 0.5) is 0 Å². The number of carbonyl (C=O) groups is 1. The van der Waals surface area contributed by atoms with E-state index in [9.17, 15) is 4.79 Å². The lowest BCUT2D eigenvalue weighted by Crippen LogP contribution is -2.50. The lowest BCUT2D eigenvalue weighted by atomic mass is 9.75. The molecule has 1 aromatic carbocycles. The molecule has 0 unspecified atom stereocenters. The molecule has 2 heterocycles. The van der Waals surface area contributed by atoms with Crippen LogP contribution in [0.1, 0.15) is 43.9 Å². The summed E-state index contributed by atoms with van der Waals surface area (Å²) >= 11 is 0. The van der Waals surface area contributed by atoms with Crippen LogP contribution in [0.2, 0.25) is 0 Å². The van der Waals surface area contributed by atoms with Crippen molar-refractivity contribution < 1.29 is 4.79 Å². The Balaban J connectivity index is 1.46. The van der Waals surface area contributed by atoms with Crippen molar-refractivity contribution in [2.24, 2.45) is 0 Å². The molecule has 1 N–H and O–H groups in total. The lowest BCUT2D eigenvalue weighted by Gasteiger charge is -2.46. The van der Waals surface area contributed by atoms with E-state index in [1.54, 1.807) is 6.92 Å². The smallest absolute Gasteiger partial charge is 0.219 e. The van der Waals surface area contributed by atoms with Crippen LogP contribution in [0.15, 0.2) is 54.9 Å². The third kappa shape index (κ3) is 3.86. The van der Waals surface area contributed by atoms with Gasteiger partial charge < -0.3 is 9.88 Å². The monoisotopic (exact) mass is 404 g/mol. The standard InChI is InChI=1S/C25H32N4O/c1-19(30)29(17-13-20-18-27-23-9-5-4-8-22(20)23)21-11-14-25(15-12-21,28(2)3)24-10-6-7-16-26-24/h4-10,16,18,21,27H,11-15,17H2,1-3H3. The van der Waals surface area contributed by atoms with Crippen molar-refractivity contribution in [3.8, 4) is 0 Å². The molecule has 5 nitrogen and oxygen atoms in total. The molecule has 3 aromatic rings. The van der Waals surface area contributed by atoms with E-state index >= 15 is 0 Å². The predicted molar refractivity (Wildman–Crippen MR) is 121 cm³/mol. The quantitative estimate of drug-likeness (QED) is 0.664. The number of amides is 1. The van der Waals surface area contributed by atoms with E-state index in [4.69, 9.17) is 0 Å². The summed E-state index contributed by atoms with van der Waals surface area (Å²) in [5.41, 5.74) is 3.54. The first-order valence-electron chi connectivity index (χ1n) is 10.9. The fourth-order valence-corrected chi connectivity index (χ4v) is 5.14. The van der Waals surface area contributed by atoms with Crippen molar-refractivity contribution in [1.29, 1.82) is 0 Å². The second kappa shape index (κ2) is 8.60. The minimum Gasteiger partial charge on any atom is -0.361 e. The number of fused-ring (bicyclic) bond motifs is 1. The Morgan fingerprint density at radius 2 is 1.87 bits per heavy atom. The molecule has 5 heteroatoms. The molecule has 0 atom stereocenters. The zero-order valence-electron chi connectivity index (χ0n) is 18.3. The maximum Gasteiger partial charge on any atom is 0.219 e. The number of carbonyl (C=O) groups excluding carboxylic acids is 1. The summed E-state index contributed by atoms with van der Waals surface area (Å²) in [5, 5.41) is 1.26. The van der Waals surface area contributed by atoms with Crippen LogP contribution in [0.25, 0.3) is 10.9 Å². The molecule has 0 saturated heterocycles. The Bertz CT molecular complexity index is 987. The average molecular weight is 405 g/mol. The first-order chi connectivity index (χ1) is 14.5. The Morgan fingerprint density at radius 3 is 2.53 bits per heavy atom. The maximum atomic E-state index is 12.5. The number of benzene rings is 1. The van der Waals surface area contributed by atoms with Crippen molar-refractivity contribution >= 4 is 16.8 Å². The van der Waals surface area contributed by atoms with Crippen LogP contribution < -0.4 is 0 Å². The molecule has 1 aliphatic carbocycles. The van der Waals surface area contributed by atoms with E-state index in [-0.39, 0.29) is 11.4 Å². The fourth-order valence-electron chi connectivity index (χ4n) is 5.14. The summed E-state index contributed by atoms with van der Waals surface area (Å²) in [6.45, 7) is 2.47. The molecule has 1 fully saturated rings. The number of aromatic nitrogens is 2. The van der Waals surface area contributed by atoms with Crippen molar-refractivity contribution in [3.63, 3.8) is 0 Å². The number of hydrogen-bond donors (Lipinski definition) is 1. The zero-order valence-corrected chi connectivity index (χ0v) is 18.3. The number of pyridine rings is 1. The van der Waals surface area contributed by atoms with E-state index in [1.165, 1.54) is 10.9 Å². The molecule has 158 valence electrons. The molecule has 1 saturated carbocycles. The van der Waals surface area contributed by atoms with Crippen molar-refractivity contribution in [2.45, 2.75) is 50.6 Å². The summed E-state index contributed by atoms with van der Waals surface area (Å²) in [6.07, 6.45) is 8.87. The van der Waals surface area contributed by atoms with Gasteiger partial charge in [0.15, 0.2) is 0 Å². The normalized spacial score (nSPS) is 21.8. The van der Waals surface area contributed by atoms with Gasteiger partial charge in [0.05, 0.1) is 11.2 Å². The molecule has 30 heavy (non-hydrogen) atoms. The number of nitrogens with zero attached hydrogens (tertiary/aromatic N) is 3. The predicted octanol–water partition coefficient (Wildman–Crippen LogP) is 4.35. The largest absolute Gasteiger partial charge is 0.361 e. The highest BCUT2D eigenvalue weighted by Gasteiger charge is 2.41. The molecule has 0 bridgehead atoms. The van der Waals surface area contributed by atoms with Crippen LogP contribution in [0, 0.1) is 0 Å². The summed E-state index contributed by atoms with van der Waals surface area (Å²) in [6, 6.07) is 14.8. The van der Waals surface area contributed by atoms with Crippen LogP contribution >= 0.6 is 0 Å². The summed E-state index contributed by atoms with van der Waals surface area (Å²) < 4.78 is 0.